The highest BCUT2D eigenvalue weighted by molar-refractivity contribution is 6.21. The summed E-state index contributed by atoms with van der Waals surface area (Å²) >= 11 is 0. The molecule has 0 radical (unpaired) electrons. The average molecular weight is 642 g/mol. The van der Waals surface area contributed by atoms with Crippen LogP contribution in [0.1, 0.15) is 0 Å². The molecular weight excluding hydrogens is 615 g/mol. The number of aromatic amines is 1. The van der Waals surface area contributed by atoms with Crippen molar-refractivity contribution in [2.24, 2.45) is 0 Å². The Labute approximate surface area is 285 Å². The molecule has 3 heterocycles. The zero-order valence-corrected chi connectivity index (χ0v) is 26.7. The third-order valence-electron chi connectivity index (χ3n) is 10.0. The predicted molar refractivity (Wildman–Crippen MR) is 206 cm³/mol. The maximum absolute atomic E-state index is 6.40. The molecule has 0 spiro atoms. The summed E-state index contributed by atoms with van der Waals surface area (Å²) in [7, 11) is 0. The standard InChI is InChI=1S/C45H27N3O2/c1-2-9-28(10-3-1)45-46-37-24-18-27-17-21-31-36(43(27)44(37)47-45)13-8-14-38(31)48(29-19-22-34-32-11-4-6-15-39(32)49-41(34)25-29)30-20-23-35-33-12-5-7-16-40(33)50-42(35)26-30/h1-26H,(H,46,47). The van der Waals surface area contributed by atoms with Crippen LogP contribution in [0.15, 0.2) is 167 Å². The van der Waals surface area contributed by atoms with Gasteiger partial charge in [0, 0.05) is 61.4 Å². The summed E-state index contributed by atoms with van der Waals surface area (Å²) in [5.41, 5.74) is 9.51. The highest BCUT2D eigenvalue weighted by Gasteiger charge is 2.21. The third kappa shape index (κ3) is 3.98. The SMILES string of the molecule is c1ccc(-c2nc3ccc4ccc5c(N(c6ccc7c(c6)oc6ccccc67)c6ccc7c(c6)oc6ccccc67)cccc5c4c3[nH]2)cc1. The van der Waals surface area contributed by atoms with E-state index < -0.39 is 0 Å². The van der Waals surface area contributed by atoms with Gasteiger partial charge in [0.1, 0.15) is 28.2 Å². The van der Waals surface area contributed by atoms with Crippen LogP contribution in [0.2, 0.25) is 0 Å². The molecule has 0 aliphatic carbocycles. The molecule has 0 amide bonds. The topological polar surface area (TPSA) is 58.2 Å². The molecule has 0 saturated carbocycles. The van der Waals surface area contributed by atoms with E-state index in [0.717, 1.165) is 105 Å². The third-order valence-corrected chi connectivity index (χ3v) is 10.0. The number of fused-ring (bicyclic) bond motifs is 11. The molecule has 0 fully saturated rings. The van der Waals surface area contributed by atoms with E-state index in [2.05, 4.69) is 125 Å². The molecule has 0 aliphatic heterocycles. The minimum Gasteiger partial charge on any atom is -0.456 e. The first-order valence-electron chi connectivity index (χ1n) is 16.8. The van der Waals surface area contributed by atoms with Crippen LogP contribution in [0.3, 0.4) is 0 Å². The number of imidazole rings is 1. The van der Waals surface area contributed by atoms with E-state index in [1.165, 1.54) is 0 Å². The Hall–Kier alpha value is -6.85. The summed E-state index contributed by atoms with van der Waals surface area (Å²) < 4.78 is 12.8. The number of nitrogens with zero attached hydrogens (tertiary/aromatic N) is 2. The number of furan rings is 2. The molecule has 0 saturated heterocycles. The molecule has 234 valence electrons. The van der Waals surface area contributed by atoms with Crippen molar-refractivity contribution < 1.29 is 8.83 Å². The minimum atomic E-state index is 0.844. The van der Waals surface area contributed by atoms with Gasteiger partial charge >= 0.3 is 0 Å². The van der Waals surface area contributed by atoms with Crippen LogP contribution in [0, 0.1) is 0 Å². The summed E-state index contributed by atoms with van der Waals surface area (Å²) in [5, 5.41) is 8.99. The first-order chi connectivity index (χ1) is 24.8. The van der Waals surface area contributed by atoms with Gasteiger partial charge in [0.05, 0.1) is 16.7 Å². The monoisotopic (exact) mass is 641 g/mol. The lowest BCUT2D eigenvalue weighted by Crippen LogP contribution is -2.10. The first kappa shape index (κ1) is 27.1. The van der Waals surface area contributed by atoms with Gasteiger partial charge in [-0.25, -0.2) is 4.98 Å². The summed E-state index contributed by atoms with van der Waals surface area (Å²) in [6.07, 6.45) is 0. The molecule has 0 atom stereocenters. The number of benzene rings is 8. The first-order valence-corrected chi connectivity index (χ1v) is 16.8. The predicted octanol–water partition coefficient (Wildman–Crippen LogP) is 12.8. The molecule has 1 N–H and O–H groups in total. The summed E-state index contributed by atoms with van der Waals surface area (Å²) in [6.45, 7) is 0. The molecule has 0 aliphatic rings. The second-order valence-corrected chi connectivity index (χ2v) is 12.8. The van der Waals surface area contributed by atoms with E-state index in [0.29, 0.717) is 0 Å². The van der Waals surface area contributed by atoms with Gasteiger partial charge in [-0.2, -0.15) is 0 Å². The van der Waals surface area contributed by atoms with Gasteiger partial charge in [-0.05, 0) is 59.3 Å². The lowest BCUT2D eigenvalue weighted by Gasteiger charge is -2.27. The van der Waals surface area contributed by atoms with Crippen molar-refractivity contribution in [2.75, 3.05) is 4.90 Å². The number of para-hydroxylation sites is 2. The van der Waals surface area contributed by atoms with Gasteiger partial charge in [0.2, 0.25) is 0 Å². The van der Waals surface area contributed by atoms with Crippen molar-refractivity contribution in [1.29, 1.82) is 0 Å². The Morgan fingerprint density at radius 1 is 0.460 bits per heavy atom. The molecule has 5 heteroatoms. The lowest BCUT2D eigenvalue weighted by atomic mass is 9.98. The van der Waals surface area contributed by atoms with Crippen molar-refractivity contribution in [2.45, 2.75) is 0 Å². The molecule has 0 bridgehead atoms. The van der Waals surface area contributed by atoms with Crippen molar-refractivity contribution in [3.05, 3.63) is 158 Å². The van der Waals surface area contributed by atoms with E-state index in [1.54, 1.807) is 0 Å². The number of anilines is 3. The highest BCUT2D eigenvalue weighted by Crippen LogP contribution is 2.44. The van der Waals surface area contributed by atoms with E-state index in [-0.39, 0.29) is 0 Å². The highest BCUT2D eigenvalue weighted by atomic mass is 16.3. The van der Waals surface area contributed by atoms with Crippen molar-refractivity contribution in [3.8, 4) is 11.4 Å². The van der Waals surface area contributed by atoms with E-state index in [4.69, 9.17) is 13.8 Å². The second-order valence-electron chi connectivity index (χ2n) is 12.8. The maximum atomic E-state index is 6.40. The van der Waals surface area contributed by atoms with E-state index >= 15 is 0 Å². The fourth-order valence-corrected chi connectivity index (χ4v) is 7.70. The number of hydrogen-bond acceptors (Lipinski definition) is 4. The van der Waals surface area contributed by atoms with Crippen LogP contribution in [0.25, 0.3) is 87.8 Å². The van der Waals surface area contributed by atoms with Crippen LogP contribution >= 0.6 is 0 Å². The molecule has 5 nitrogen and oxygen atoms in total. The maximum Gasteiger partial charge on any atom is 0.138 e. The molecule has 3 aromatic heterocycles. The second kappa shape index (κ2) is 10.3. The lowest BCUT2D eigenvalue weighted by molar-refractivity contribution is 0.669. The number of nitrogens with one attached hydrogen (secondary N) is 1. The molecule has 50 heavy (non-hydrogen) atoms. The summed E-state index contributed by atoms with van der Waals surface area (Å²) in [6, 6.07) is 55.0. The molecular formula is C45H27N3O2. The van der Waals surface area contributed by atoms with Crippen molar-refractivity contribution in [3.63, 3.8) is 0 Å². The van der Waals surface area contributed by atoms with Crippen LogP contribution in [-0.2, 0) is 0 Å². The molecule has 11 aromatic rings. The summed E-state index contributed by atoms with van der Waals surface area (Å²) in [4.78, 5) is 11.0. The number of hydrogen-bond donors (Lipinski definition) is 1. The van der Waals surface area contributed by atoms with Crippen LogP contribution in [0.5, 0.6) is 0 Å². The Bertz CT molecular complexity index is 3000. The van der Waals surface area contributed by atoms with Crippen LogP contribution < -0.4 is 4.90 Å². The van der Waals surface area contributed by atoms with E-state index in [9.17, 15) is 0 Å². The number of aromatic nitrogens is 2. The fourth-order valence-electron chi connectivity index (χ4n) is 7.70. The van der Waals surface area contributed by atoms with Gasteiger partial charge in [-0.15, -0.1) is 0 Å². The number of rotatable bonds is 4. The zero-order chi connectivity index (χ0) is 32.8. The van der Waals surface area contributed by atoms with Gasteiger partial charge in [0.25, 0.3) is 0 Å². The Balaban J connectivity index is 1.18. The van der Waals surface area contributed by atoms with Gasteiger partial charge < -0.3 is 18.7 Å². The van der Waals surface area contributed by atoms with Gasteiger partial charge in [-0.3, -0.25) is 0 Å². The molecule has 11 rings (SSSR count). The summed E-state index contributed by atoms with van der Waals surface area (Å²) in [5.74, 6) is 0.862. The fraction of sp³-hybridized carbons (Fsp3) is 0. The quantitative estimate of drug-likeness (QED) is 0.194. The Morgan fingerprint density at radius 2 is 1.04 bits per heavy atom. The zero-order valence-electron chi connectivity index (χ0n) is 26.7. The van der Waals surface area contributed by atoms with Gasteiger partial charge in [0.15, 0.2) is 0 Å². The Morgan fingerprint density at radius 3 is 1.74 bits per heavy atom. The normalized spacial score (nSPS) is 12.0. The minimum absolute atomic E-state index is 0.844. The smallest absolute Gasteiger partial charge is 0.138 e. The van der Waals surface area contributed by atoms with Crippen LogP contribution in [-0.4, -0.2) is 9.97 Å². The van der Waals surface area contributed by atoms with Crippen molar-refractivity contribution >= 4 is 93.5 Å². The van der Waals surface area contributed by atoms with E-state index in [1.807, 2.05) is 42.5 Å². The average Bonchev–Trinajstić information content (AvgIpc) is 3.88. The van der Waals surface area contributed by atoms with Crippen LogP contribution in [0.4, 0.5) is 17.1 Å². The van der Waals surface area contributed by atoms with Gasteiger partial charge in [-0.1, -0.05) is 97.1 Å². The van der Waals surface area contributed by atoms with Crippen molar-refractivity contribution in [1.82, 2.24) is 9.97 Å². The largest absolute Gasteiger partial charge is 0.456 e. The molecule has 0 unspecified atom stereocenters. The number of H-pyrrole nitrogens is 1. The molecule has 8 aromatic carbocycles. The Kier molecular flexibility index (Phi) is 5.60.